The van der Waals surface area contributed by atoms with Crippen molar-refractivity contribution in [1.82, 2.24) is 15.0 Å². The Labute approximate surface area is 97.1 Å². The van der Waals surface area contributed by atoms with Gasteiger partial charge in [0.1, 0.15) is 12.0 Å². The molecule has 3 nitrogen and oxygen atoms in total. The summed E-state index contributed by atoms with van der Waals surface area (Å²) in [5.41, 5.74) is 3.04. The van der Waals surface area contributed by atoms with Gasteiger partial charge in [0.05, 0.1) is 0 Å². The van der Waals surface area contributed by atoms with E-state index in [9.17, 15) is 0 Å². The maximum atomic E-state index is 5.86. The molecule has 0 atom stereocenters. The summed E-state index contributed by atoms with van der Waals surface area (Å²) in [5.74, 6) is 0. The molecule has 2 heterocycles. The largest absolute Gasteiger partial charge is 0.345 e. The normalized spacial score (nSPS) is 10.8. The van der Waals surface area contributed by atoms with Crippen molar-refractivity contribution in [1.29, 1.82) is 0 Å². The van der Waals surface area contributed by atoms with Crippen LogP contribution in [0.25, 0.3) is 22.2 Å². The van der Waals surface area contributed by atoms with Gasteiger partial charge in [-0.25, -0.2) is 9.97 Å². The zero-order chi connectivity index (χ0) is 11.0. The van der Waals surface area contributed by atoms with Gasteiger partial charge in [-0.15, -0.1) is 0 Å². The molecule has 0 fully saturated rings. The number of aromatic amines is 1. The molecule has 16 heavy (non-hydrogen) atoms. The zero-order valence-electron chi connectivity index (χ0n) is 8.31. The summed E-state index contributed by atoms with van der Waals surface area (Å²) in [6.07, 6.45) is 5.27. The lowest BCUT2D eigenvalue weighted by Gasteiger charge is -1.98. The van der Waals surface area contributed by atoms with E-state index in [2.05, 4.69) is 15.0 Å². The van der Waals surface area contributed by atoms with E-state index in [0.29, 0.717) is 0 Å². The summed E-state index contributed by atoms with van der Waals surface area (Å²) in [6.45, 7) is 0. The lowest BCUT2D eigenvalue weighted by atomic mass is 10.1. The lowest BCUT2D eigenvalue weighted by Crippen LogP contribution is -1.79. The van der Waals surface area contributed by atoms with Crippen molar-refractivity contribution in [2.45, 2.75) is 0 Å². The van der Waals surface area contributed by atoms with E-state index in [1.165, 1.54) is 6.33 Å². The molecule has 0 aliphatic rings. The molecule has 3 aromatic rings. The van der Waals surface area contributed by atoms with E-state index in [1.54, 1.807) is 0 Å². The van der Waals surface area contributed by atoms with Gasteiger partial charge < -0.3 is 4.98 Å². The highest BCUT2D eigenvalue weighted by atomic mass is 35.5. The van der Waals surface area contributed by atoms with Crippen molar-refractivity contribution < 1.29 is 0 Å². The second-order valence-electron chi connectivity index (χ2n) is 3.49. The Hall–Kier alpha value is -1.87. The van der Waals surface area contributed by atoms with Crippen LogP contribution in [0.5, 0.6) is 0 Å². The highest BCUT2D eigenvalue weighted by molar-refractivity contribution is 6.30. The smallest absolute Gasteiger partial charge is 0.141 e. The molecule has 0 unspecified atom stereocenters. The molecule has 0 bridgehead atoms. The van der Waals surface area contributed by atoms with E-state index in [1.807, 2.05) is 36.7 Å². The second kappa shape index (κ2) is 3.61. The molecule has 4 heteroatoms. The molecule has 78 valence electrons. The summed E-state index contributed by atoms with van der Waals surface area (Å²) >= 11 is 5.86. The number of rotatable bonds is 1. The highest BCUT2D eigenvalue weighted by Crippen LogP contribution is 2.27. The molecule has 1 N–H and O–H groups in total. The Balaban J connectivity index is 2.22. The molecular formula is C12H8ClN3. The van der Waals surface area contributed by atoms with Crippen molar-refractivity contribution in [2.24, 2.45) is 0 Å². The van der Waals surface area contributed by atoms with E-state index in [-0.39, 0.29) is 0 Å². The van der Waals surface area contributed by atoms with Crippen LogP contribution in [0.2, 0.25) is 5.02 Å². The maximum Gasteiger partial charge on any atom is 0.141 e. The van der Waals surface area contributed by atoms with Crippen LogP contribution in [0.1, 0.15) is 0 Å². The van der Waals surface area contributed by atoms with Crippen molar-refractivity contribution in [3.8, 4) is 11.1 Å². The third kappa shape index (κ3) is 1.46. The number of aromatic nitrogens is 3. The predicted molar refractivity (Wildman–Crippen MR) is 64.3 cm³/mol. The third-order valence-electron chi connectivity index (χ3n) is 2.51. The third-order valence-corrected chi connectivity index (χ3v) is 2.76. The van der Waals surface area contributed by atoms with E-state index < -0.39 is 0 Å². The standard InChI is InChI=1S/C12H8ClN3/c13-9-3-1-8(2-4-9)10-6-15-12-11(10)5-14-7-16-12/h1-7H,(H,14,15,16). The first-order valence-electron chi connectivity index (χ1n) is 4.87. The number of H-pyrrole nitrogens is 1. The van der Waals surface area contributed by atoms with Crippen molar-refractivity contribution in [2.75, 3.05) is 0 Å². The van der Waals surface area contributed by atoms with Crippen LogP contribution >= 0.6 is 11.6 Å². The number of nitrogens with zero attached hydrogens (tertiary/aromatic N) is 2. The Kier molecular flexibility index (Phi) is 2.11. The summed E-state index contributed by atoms with van der Waals surface area (Å²) in [6, 6.07) is 7.72. The number of hydrogen-bond donors (Lipinski definition) is 1. The van der Waals surface area contributed by atoms with Crippen molar-refractivity contribution in [3.05, 3.63) is 48.0 Å². The van der Waals surface area contributed by atoms with Crippen molar-refractivity contribution in [3.63, 3.8) is 0 Å². The molecule has 0 spiro atoms. The molecular weight excluding hydrogens is 222 g/mol. The first-order chi connectivity index (χ1) is 7.84. The Morgan fingerprint density at radius 1 is 1.12 bits per heavy atom. The fraction of sp³-hybridized carbons (Fsp3) is 0. The van der Waals surface area contributed by atoms with Gasteiger partial charge in [0.25, 0.3) is 0 Å². The van der Waals surface area contributed by atoms with Gasteiger partial charge in [-0.2, -0.15) is 0 Å². The second-order valence-corrected chi connectivity index (χ2v) is 3.93. The first kappa shape index (κ1) is 9.36. The number of halogens is 1. The summed E-state index contributed by atoms with van der Waals surface area (Å²) < 4.78 is 0. The van der Waals surface area contributed by atoms with E-state index in [4.69, 9.17) is 11.6 Å². The maximum absolute atomic E-state index is 5.86. The molecule has 2 aromatic heterocycles. The van der Waals surface area contributed by atoms with Gasteiger partial charge in [0, 0.05) is 28.4 Å². The topological polar surface area (TPSA) is 41.6 Å². The average Bonchev–Trinajstić information content (AvgIpc) is 2.74. The molecule has 0 aliphatic heterocycles. The Morgan fingerprint density at radius 3 is 2.75 bits per heavy atom. The number of nitrogens with one attached hydrogen (secondary N) is 1. The highest BCUT2D eigenvalue weighted by Gasteiger charge is 2.06. The summed E-state index contributed by atoms with van der Waals surface area (Å²) in [4.78, 5) is 11.3. The van der Waals surface area contributed by atoms with Gasteiger partial charge in [0.2, 0.25) is 0 Å². The quantitative estimate of drug-likeness (QED) is 0.696. The van der Waals surface area contributed by atoms with Crippen LogP contribution in [-0.2, 0) is 0 Å². The minimum Gasteiger partial charge on any atom is -0.345 e. The minimum atomic E-state index is 0.736. The average molecular weight is 230 g/mol. The Morgan fingerprint density at radius 2 is 1.94 bits per heavy atom. The zero-order valence-corrected chi connectivity index (χ0v) is 9.07. The van der Waals surface area contributed by atoms with Crippen LogP contribution in [0.3, 0.4) is 0 Å². The van der Waals surface area contributed by atoms with Gasteiger partial charge in [-0.1, -0.05) is 23.7 Å². The fourth-order valence-corrected chi connectivity index (χ4v) is 1.85. The van der Waals surface area contributed by atoms with Crippen LogP contribution < -0.4 is 0 Å². The van der Waals surface area contributed by atoms with Crippen LogP contribution in [0.4, 0.5) is 0 Å². The Bertz CT molecular complexity index is 628. The fourth-order valence-electron chi connectivity index (χ4n) is 1.73. The van der Waals surface area contributed by atoms with Gasteiger partial charge in [-0.3, -0.25) is 0 Å². The molecule has 0 amide bonds. The minimum absolute atomic E-state index is 0.736. The predicted octanol–water partition coefficient (Wildman–Crippen LogP) is 3.28. The summed E-state index contributed by atoms with van der Waals surface area (Å²) in [5, 5.41) is 1.75. The van der Waals surface area contributed by atoms with Crippen LogP contribution in [-0.4, -0.2) is 15.0 Å². The molecule has 1 aromatic carbocycles. The number of hydrogen-bond acceptors (Lipinski definition) is 2. The monoisotopic (exact) mass is 229 g/mol. The first-order valence-corrected chi connectivity index (χ1v) is 5.25. The molecule has 3 rings (SSSR count). The molecule has 0 aliphatic carbocycles. The molecule has 0 radical (unpaired) electrons. The van der Waals surface area contributed by atoms with Gasteiger partial charge >= 0.3 is 0 Å². The SMILES string of the molecule is Clc1ccc(-c2c[nH]c3ncncc23)cc1. The molecule has 0 saturated carbocycles. The summed E-state index contributed by atoms with van der Waals surface area (Å²) in [7, 11) is 0. The van der Waals surface area contributed by atoms with E-state index >= 15 is 0 Å². The molecule has 0 saturated heterocycles. The lowest BCUT2D eigenvalue weighted by molar-refractivity contribution is 1.20. The van der Waals surface area contributed by atoms with Crippen LogP contribution in [0, 0.1) is 0 Å². The van der Waals surface area contributed by atoms with Gasteiger partial charge in [0.15, 0.2) is 0 Å². The number of fused-ring (bicyclic) bond motifs is 1. The van der Waals surface area contributed by atoms with Gasteiger partial charge in [-0.05, 0) is 17.7 Å². The van der Waals surface area contributed by atoms with Crippen LogP contribution in [0.15, 0.2) is 43.0 Å². The number of benzene rings is 1. The van der Waals surface area contributed by atoms with Crippen molar-refractivity contribution >= 4 is 22.6 Å². The van der Waals surface area contributed by atoms with E-state index in [0.717, 1.165) is 27.2 Å².